The van der Waals surface area contributed by atoms with Crippen LogP contribution in [0.5, 0.6) is 34.5 Å². The van der Waals surface area contributed by atoms with Crippen LogP contribution in [-0.4, -0.2) is 60.6 Å². The summed E-state index contributed by atoms with van der Waals surface area (Å²) in [5.74, 6) is -1.26. The van der Waals surface area contributed by atoms with Crippen LogP contribution in [0.2, 0.25) is 0 Å². The van der Waals surface area contributed by atoms with Crippen LogP contribution in [0.4, 0.5) is 0 Å². The highest BCUT2D eigenvalue weighted by molar-refractivity contribution is 9.09. The fourth-order valence-electron chi connectivity index (χ4n) is 5.09. The molecule has 58 heavy (non-hydrogen) atoms. The Morgan fingerprint density at radius 1 is 0.603 bits per heavy atom. The van der Waals surface area contributed by atoms with Gasteiger partial charge in [-0.15, -0.1) is 0 Å². The first kappa shape index (κ1) is 45.9. The van der Waals surface area contributed by atoms with Crippen molar-refractivity contribution in [3.63, 3.8) is 0 Å². The lowest BCUT2D eigenvalue weighted by Crippen LogP contribution is -2.27. The number of carbonyl (C=O) groups excluding carboxylic acids is 2. The molecular weight excluding hydrogens is 820 g/mol. The number of halogens is 1. The van der Waals surface area contributed by atoms with Crippen molar-refractivity contribution in [3.8, 4) is 56.8 Å². The van der Waals surface area contributed by atoms with Crippen LogP contribution in [0.3, 0.4) is 0 Å². The number of aromatic hydroxyl groups is 5. The van der Waals surface area contributed by atoms with E-state index in [0.717, 1.165) is 12.1 Å². The maximum Gasteiger partial charge on any atom is 0.344 e. The van der Waals surface area contributed by atoms with Crippen LogP contribution in [0, 0.1) is 0 Å². The van der Waals surface area contributed by atoms with E-state index in [1.165, 1.54) is 36.8 Å². The Balaban J connectivity index is 0.000000261. The molecule has 6 rings (SSSR count). The van der Waals surface area contributed by atoms with Gasteiger partial charge in [-0.3, -0.25) is 14.4 Å². The van der Waals surface area contributed by atoms with Crippen LogP contribution in [0.25, 0.3) is 44.2 Å². The molecule has 0 fully saturated rings. The maximum atomic E-state index is 12.7. The van der Waals surface area contributed by atoms with Crippen molar-refractivity contribution in [2.75, 3.05) is 11.9 Å². The van der Waals surface area contributed by atoms with E-state index in [1.807, 2.05) is 20.8 Å². The number of ether oxygens (including phenoxy) is 3. The zero-order valence-corrected chi connectivity index (χ0v) is 33.4. The van der Waals surface area contributed by atoms with Crippen LogP contribution in [0.1, 0.15) is 49.0 Å². The Morgan fingerprint density at radius 2 is 1.00 bits per heavy atom. The summed E-state index contributed by atoms with van der Waals surface area (Å²) in [5, 5.41) is 48.1. The maximum absolute atomic E-state index is 12.7. The summed E-state index contributed by atoms with van der Waals surface area (Å²) in [4.78, 5) is 47.3. The quantitative estimate of drug-likeness (QED) is 0.0782. The highest BCUT2D eigenvalue weighted by atomic mass is 79.9. The number of rotatable bonds is 6. The highest BCUT2D eigenvalue weighted by Crippen LogP contribution is 2.31. The summed E-state index contributed by atoms with van der Waals surface area (Å²) in [7, 11) is 0. The highest BCUT2D eigenvalue weighted by Gasteiger charge is 2.18. The average Bonchev–Trinajstić information content (AvgIpc) is 3.10. The molecule has 0 amide bonds. The normalized spacial score (nSPS) is 10.9. The number of esters is 2. The molecule has 4 aromatic carbocycles. The minimum Gasteiger partial charge on any atom is -0.508 e. The molecule has 0 unspecified atom stereocenters. The van der Waals surface area contributed by atoms with Crippen molar-refractivity contribution >= 4 is 49.8 Å². The van der Waals surface area contributed by atoms with Gasteiger partial charge < -0.3 is 48.6 Å². The lowest BCUT2D eigenvalue weighted by atomic mass is 10.0. The Hall–Kier alpha value is -6.48. The molecule has 0 atom stereocenters. The van der Waals surface area contributed by atoms with Gasteiger partial charge in [-0.1, -0.05) is 47.6 Å². The molecule has 6 aromatic rings. The third kappa shape index (κ3) is 12.5. The fraction of sp³-hybridized carbons (Fsp3) is 0.256. The monoisotopic (exact) mass is 864 g/mol. The van der Waals surface area contributed by atoms with Crippen LogP contribution < -0.4 is 15.6 Å². The number of fused-ring (bicyclic) bond motifs is 2. The fourth-order valence-corrected chi connectivity index (χ4v) is 5.20. The summed E-state index contributed by atoms with van der Waals surface area (Å²) in [6.45, 7) is 10.6. The number of benzene rings is 4. The van der Waals surface area contributed by atoms with Gasteiger partial charge in [0.1, 0.15) is 85.5 Å². The van der Waals surface area contributed by atoms with Gasteiger partial charge in [0.25, 0.3) is 0 Å². The second-order valence-electron chi connectivity index (χ2n) is 14.3. The van der Waals surface area contributed by atoms with Crippen molar-refractivity contribution in [1.29, 1.82) is 0 Å². The first-order valence-corrected chi connectivity index (χ1v) is 18.2. The number of phenols is 5. The second-order valence-corrected chi connectivity index (χ2v) is 14.9. The Labute approximate surface area is 341 Å². The number of hydrogen-bond acceptors (Lipinski definition) is 14. The van der Waals surface area contributed by atoms with Crippen molar-refractivity contribution in [1.82, 2.24) is 0 Å². The van der Waals surface area contributed by atoms with Gasteiger partial charge in [0.2, 0.25) is 10.9 Å². The molecule has 0 aliphatic heterocycles. The molecule has 14 nitrogen and oxygen atoms in total. The zero-order chi connectivity index (χ0) is 42.2. The van der Waals surface area contributed by atoms with E-state index < -0.39 is 22.4 Å². The van der Waals surface area contributed by atoms with Crippen LogP contribution in [-0.2, 0) is 19.1 Å². The molecule has 2 aromatic heterocycles. The SMILES string of the molecule is C.CC(C)(C)OC(=O)CBr.CC(C)(C)OC(=O)COc1ccc(-c2coc3cc(O)cc(O)c3c2=O)cc1.O=c1c(-c2ccc(O)cc2)coc2cc(O)cc(O)c12. The Morgan fingerprint density at radius 3 is 1.38 bits per heavy atom. The largest absolute Gasteiger partial charge is 0.508 e. The van der Waals surface area contributed by atoms with E-state index in [9.17, 15) is 44.7 Å². The van der Waals surface area contributed by atoms with E-state index in [4.69, 9.17) is 23.0 Å². The molecule has 0 aliphatic carbocycles. The van der Waals surface area contributed by atoms with Gasteiger partial charge >= 0.3 is 11.9 Å². The van der Waals surface area contributed by atoms with Gasteiger partial charge in [0.05, 0.1) is 11.1 Å². The third-order valence-electron chi connectivity index (χ3n) is 7.33. The molecule has 0 bridgehead atoms. The first-order valence-electron chi connectivity index (χ1n) is 17.1. The molecular formula is C43H45BrO14. The molecule has 0 radical (unpaired) electrons. The minimum atomic E-state index is -0.587. The van der Waals surface area contributed by atoms with Crippen molar-refractivity contribution in [2.24, 2.45) is 0 Å². The lowest BCUT2D eigenvalue weighted by molar-refractivity contribution is -0.157. The predicted molar refractivity (Wildman–Crippen MR) is 222 cm³/mol. The van der Waals surface area contributed by atoms with Gasteiger partial charge in [-0.2, -0.15) is 0 Å². The number of hydrogen-bond donors (Lipinski definition) is 5. The average molecular weight is 866 g/mol. The molecule has 15 heteroatoms. The third-order valence-corrected chi connectivity index (χ3v) is 7.79. The summed E-state index contributed by atoms with van der Waals surface area (Å²) in [6, 6.07) is 17.2. The molecule has 5 N–H and O–H groups in total. The molecule has 0 aliphatic rings. The number of carbonyl (C=O) groups is 2. The lowest BCUT2D eigenvalue weighted by Gasteiger charge is -2.19. The predicted octanol–water partition coefficient (Wildman–Crippen LogP) is 8.53. The summed E-state index contributed by atoms with van der Waals surface area (Å²) >= 11 is 2.99. The zero-order valence-electron chi connectivity index (χ0n) is 31.8. The molecule has 0 spiro atoms. The summed E-state index contributed by atoms with van der Waals surface area (Å²) in [6.07, 6.45) is 2.52. The van der Waals surface area contributed by atoms with E-state index >= 15 is 0 Å². The van der Waals surface area contributed by atoms with Gasteiger partial charge in [0.15, 0.2) is 6.61 Å². The van der Waals surface area contributed by atoms with E-state index in [0.29, 0.717) is 16.9 Å². The smallest absolute Gasteiger partial charge is 0.344 e. The van der Waals surface area contributed by atoms with Crippen molar-refractivity contribution < 1.29 is 58.2 Å². The Kier molecular flexibility index (Phi) is 15.1. The Bertz CT molecular complexity index is 2490. The topological polar surface area (TPSA) is 223 Å². The minimum absolute atomic E-state index is 0. The van der Waals surface area contributed by atoms with E-state index in [-0.39, 0.29) is 92.7 Å². The first-order chi connectivity index (χ1) is 26.6. The molecule has 2 heterocycles. The molecule has 308 valence electrons. The van der Waals surface area contributed by atoms with E-state index in [2.05, 4.69) is 15.9 Å². The van der Waals surface area contributed by atoms with Crippen LogP contribution in [0.15, 0.2) is 104 Å². The molecule has 0 saturated carbocycles. The standard InChI is InChI=1S/C21H20O7.C15H10O5.C6H11BrO2.CH4/c1-21(2,3)28-18(24)11-26-14-6-4-12(5-7-14)15-10-27-17-9-13(22)8-16(23)19(17)20(15)25;16-9-3-1-8(2-4-9)11-7-20-13-6-10(17)5-12(18)14(13)15(11)19;1-6(2,3)9-5(8)4-7;/h4-10,22-23H,11H2,1-3H3;1-7,16-18H;4H2,1-3H3;1H4. The molecule has 0 saturated heterocycles. The number of alkyl halides is 1. The summed E-state index contributed by atoms with van der Waals surface area (Å²) in [5.41, 5.74) is 0.0280. The van der Waals surface area contributed by atoms with Gasteiger partial charge in [0, 0.05) is 24.3 Å². The van der Waals surface area contributed by atoms with Gasteiger partial charge in [-0.25, -0.2) is 4.79 Å². The van der Waals surface area contributed by atoms with Crippen molar-refractivity contribution in [2.45, 2.75) is 60.2 Å². The summed E-state index contributed by atoms with van der Waals surface area (Å²) < 4.78 is 26.1. The van der Waals surface area contributed by atoms with E-state index in [1.54, 1.807) is 57.2 Å². The van der Waals surface area contributed by atoms with Gasteiger partial charge in [-0.05, 0) is 76.9 Å². The second kappa shape index (κ2) is 19.1. The van der Waals surface area contributed by atoms with Crippen molar-refractivity contribution in [3.05, 3.63) is 106 Å². The number of phenolic OH excluding ortho intramolecular Hbond substituents is 5. The van der Waals surface area contributed by atoms with Crippen LogP contribution >= 0.6 is 15.9 Å².